The van der Waals surface area contributed by atoms with Gasteiger partial charge in [0.25, 0.3) is 0 Å². The monoisotopic (exact) mass is 504 g/mol. The van der Waals surface area contributed by atoms with Crippen LogP contribution in [0.15, 0.2) is 29.4 Å². The summed E-state index contributed by atoms with van der Waals surface area (Å²) < 4.78 is 16.8. The van der Waals surface area contributed by atoms with Crippen LogP contribution in [0.25, 0.3) is 11.4 Å². The highest BCUT2D eigenvalue weighted by Gasteiger charge is 2.27. The number of carbonyl (C=O) groups excluding carboxylic acids is 3. The summed E-state index contributed by atoms with van der Waals surface area (Å²) in [5.74, 6) is -0.192. The Morgan fingerprint density at radius 2 is 1.76 bits per heavy atom. The molecule has 0 fully saturated rings. The molecule has 0 atom stereocenters. The minimum absolute atomic E-state index is 0.0143. The highest BCUT2D eigenvalue weighted by Crippen LogP contribution is 2.34. The van der Waals surface area contributed by atoms with Gasteiger partial charge in [-0.1, -0.05) is 11.8 Å². The van der Waals surface area contributed by atoms with E-state index in [4.69, 9.17) is 14.2 Å². The third-order valence-corrected chi connectivity index (χ3v) is 6.96. The predicted octanol–water partition coefficient (Wildman–Crippen LogP) is 3.55. The van der Waals surface area contributed by atoms with Crippen LogP contribution in [0.3, 0.4) is 0 Å². The molecule has 0 spiro atoms. The Morgan fingerprint density at radius 1 is 1.09 bits per heavy atom. The van der Waals surface area contributed by atoms with Crippen LogP contribution in [0, 0.1) is 6.92 Å². The molecule has 2 heterocycles. The zero-order valence-corrected chi connectivity index (χ0v) is 21.0. The molecule has 0 unspecified atom stereocenters. The first-order chi connectivity index (χ1) is 16.3. The van der Waals surface area contributed by atoms with Crippen LogP contribution in [0.2, 0.25) is 0 Å². The van der Waals surface area contributed by atoms with Gasteiger partial charge in [-0.3, -0.25) is 4.79 Å². The van der Waals surface area contributed by atoms with Gasteiger partial charge in [0, 0.05) is 12.6 Å². The van der Waals surface area contributed by atoms with E-state index in [-0.39, 0.29) is 27.1 Å². The van der Waals surface area contributed by atoms with Crippen LogP contribution in [-0.4, -0.2) is 59.2 Å². The number of thiophene rings is 1. The van der Waals surface area contributed by atoms with Crippen LogP contribution >= 0.6 is 23.1 Å². The molecule has 0 saturated heterocycles. The lowest BCUT2D eigenvalue weighted by atomic mass is 10.1. The average molecular weight is 505 g/mol. The van der Waals surface area contributed by atoms with E-state index in [1.54, 1.807) is 11.5 Å². The van der Waals surface area contributed by atoms with Crippen molar-refractivity contribution >= 4 is 45.9 Å². The van der Waals surface area contributed by atoms with Crippen molar-refractivity contribution in [3.63, 3.8) is 0 Å². The SMILES string of the molecule is CCOc1ccc(-c2nnc(SCC(=O)Nc3sc(C(=O)OC)c(C)c3C(=O)OC)n2C)cc1. The van der Waals surface area contributed by atoms with Gasteiger partial charge < -0.3 is 24.1 Å². The number of nitrogens with zero attached hydrogens (tertiary/aromatic N) is 3. The molecule has 0 bridgehead atoms. The van der Waals surface area contributed by atoms with E-state index >= 15 is 0 Å². The largest absolute Gasteiger partial charge is 0.494 e. The molecule has 0 aliphatic heterocycles. The van der Waals surface area contributed by atoms with Gasteiger partial charge in [0.15, 0.2) is 11.0 Å². The third-order valence-electron chi connectivity index (χ3n) is 4.75. The maximum Gasteiger partial charge on any atom is 0.348 e. The molecule has 12 heteroatoms. The Kier molecular flexibility index (Phi) is 8.29. The number of hydrogen-bond donors (Lipinski definition) is 1. The lowest BCUT2D eigenvalue weighted by molar-refractivity contribution is -0.113. The number of amides is 1. The van der Waals surface area contributed by atoms with Crippen molar-refractivity contribution in [1.82, 2.24) is 14.8 Å². The van der Waals surface area contributed by atoms with Crippen LogP contribution in [0.5, 0.6) is 5.75 Å². The molecule has 3 rings (SSSR count). The Labute approximate surface area is 204 Å². The highest BCUT2D eigenvalue weighted by molar-refractivity contribution is 7.99. The molecule has 34 heavy (non-hydrogen) atoms. The molecule has 0 aliphatic rings. The molecular formula is C22H24N4O6S2. The summed E-state index contributed by atoms with van der Waals surface area (Å²) in [5, 5.41) is 11.9. The molecule has 0 saturated carbocycles. The summed E-state index contributed by atoms with van der Waals surface area (Å²) in [5.41, 5.74) is 1.38. The lowest BCUT2D eigenvalue weighted by Crippen LogP contribution is -2.16. The molecule has 1 amide bonds. The Morgan fingerprint density at radius 3 is 2.38 bits per heavy atom. The number of ether oxygens (including phenoxy) is 3. The molecule has 2 aromatic heterocycles. The maximum atomic E-state index is 12.6. The van der Waals surface area contributed by atoms with Gasteiger partial charge in [-0.2, -0.15) is 0 Å². The molecular weight excluding hydrogens is 480 g/mol. The van der Waals surface area contributed by atoms with Gasteiger partial charge in [-0.05, 0) is 43.7 Å². The van der Waals surface area contributed by atoms with Gasteiger partial charge in [-0.15, -0.1) is 21.5 Å². The summed E-state index contributed by atoms with van der Waals surface area (Å²) in [6, 6.07) is 7.50. The topological polar surface area (TPSA) is 122 Å². The van der Waals surface area contributed by atoms with Crippen molar-refractivity contribution in [2.24, 2.45) is 7.05 Å². The fourth-order valence-electron chi connectivity index (χ4n) is 3.09. The van der Waals surface area contributed by atoms with E-state index in [1.807, 2.05) is 38.2 Å². The van der Waals surface area contributed by atoms with E-state index < -0.39 is 11.9 Å². The van der Waals surface area contributed by atoms with Crippen LogP contribution in [0.1, 0.15) is 32.5 Å². The third kappa shape index (κ3) is 5.39. The number of thioether (sulfide) groups is 1. The second-order valence-corrected chi connectivity index (χ2v) is 8.87. The second-order valence-electron chi connectivity index (χ2n) is 6.90. The van der Waals surface area contributed by atoms with Gasteiger partial charge in [-0.25, -0.2) is 9.59 Å². The van der Waals surface area contributed by atoms with E-state index in [1.165, 1.54) is 26.0 Å². The van der Waals surface area contributed by atoms with E-state index in [9.17, 15) is 14.4 Å². The number of esters is 2. The summed E-state index contributed by atoms with van der Waals surface area (Å²) in [6.45, 7) is 4.11. The minimum atomic E-state index is -0.653. The molecule has 3 aromatic rings. The molecule has 1 aromatic carbocycles. The first-order valence-electron chi connectivity index (χ1n) is 10.2. The average Bonchev–Trinajstić information content (AvgIpc) is 3.36. The number of methoxy groups -OCH3 is 2. The van der Waals surface area contributed by atoms with E-state index in [2.05, 4.69) is 15.5 Å². The smallest absolute Gasteiger partial charge is 0.348 e. The van der Waals surface area contributed by atoms with Crippen molar-refractivity contribution in [3.8, 4) is 17.1 Å². The predicted molar refractivity (Wildman–Crippen MR) is 129 cm³/mol. The second kappa shape index (κ2) is 11.2. The van der Waals surface area contributed by atoms with Crippen LogP contribution < -0.4 is 10.1 Å². The quantitative estimate of drug-likeness (QED) is 0.344. The summed E-state index contributed by atoms with van der Waals surface area (Å²) in [4.78, 5) is 37.1. The number of hydrogen-bond acceptors (Lipinski definition) is 10. The van der Waals surface area contributed by atoms with Crippen LogP contribution in [0.4, 0.5) is 5.00 Å². The number of aromatic nitrogens is 3. The van der Waals surface area contributed by atoms with E-state index in [0.717, 1.165) is 22.6 Å². The summed E-state index contributed by atoms with van der Waals surface area (Å²) >= 11 is 2.15. The van der Waals surface area contributed by atoms with Crippen molar-refractivity contribution in [3.05, 3.63) is 40.3 Å². The number of rotatable bonds is 9. The van der Waals surface area contributed by atoms with Gasteiger partial charge >= 0.3 is 11.9 Å². The molecule has 0 aliphatic carbocycles. The number of carbonyl (C=O) groups is 3. The normalized spacial score (nSPS) is 10.6. The van der Waals surface area contributed by atoms with Crippen molar-refractivity contribution in [2.45, 2.75) is 19.0 Å². The Bertz CT molecular complexity index is 1200. The molecule has 180 valence electrons. The number of anilines is 1. The fraction of sp³-hybridized carbons (Fsp3) is 0.318. The van der Waals surface area contributed by atoms with Crippen molar-refractivity contribution in [2.75, 3.05) is 31.9 Å². The molecule has 10 nitrogen and oxygen atoms in total. The summed E-state index contributed by atoms with van der Waals surface area (Å²) in [7, 11) is 4.29. The zero-order chi connectivity index (χ0) is 24.8. The Hall–Kier alpha value is -3.38. The maximum absolute atomic E-state index is 12.6. The zero-order valence-electron chi connectivity index (χ0n) is 19.3. The van der Waals surface area contributed by atoms with Gasteiger partial charge in [0.1, 0.15) is 15.6 Å². The Balaban J connectivity index is 1.71. The fourth-order valence-corrected chi connectivity index (χ4v) is 4.93. The minimum Gasteiger partial charge on any atom is -0.494 e. The van der Waals surface area contributed by atoms with Gasteiger partial charge in [0.05, 0.1) is 32.1 Å². The molecule has 1 N–H and O–H groups in total. The first-order valence-corrected chi connectivity index (χ1v) is 12.0. The lowest BCUT2D eigenvalue weighted by Gasteiger charge is -2.07. The van der Waals surface area contributed by atoms with Crippen molar-refractivity contribution in [1.29, 1.82) is 0 Å². The first kappa shape index (κ1) is 25.2. The number of nitrogens with one attached hydrogen (secondary N) is 1. The molecule has 0 radical (unpaired) electrons. The summed E-state index contributed by atoms with van der Waals surface area (Å²) in [6.07, 6.45) is 0. The van der Waals surface area contributed by atoms with E-state index in [0.29, 0.717) is 23.2 Å². The highest BCUT2D eigenvalue weighted by atomic mass is 32.2. The van der Waals surface area contributed by atoms with Crippen LogP contribution in [-0.2, 0) is 21.3 Å². The van der Waals surface area contributed by atoms with Gasteiger partial charge in [0.2, 0.25) is 5.91 Å². The van der Waals surface area contributed by atoms with Crippen molar-refractivity contribution < 1.29 is 28.6 Å². The number of benzene rings is 1. The standard InChI is InChI=1S/C22H24N4O6S2/c1-6-32-14-9-7-13(8-10-14)18-24-25-22(26(18)3)33-11-15(27)23-19-16(20(28)30-4)12(2)17(34-19)21(29)31-5/h7-10H,6,11H2,1-5H3,(H,23,27).